The Hall–Kier alpha value is 0.553. The van der Waals surface area contributed by atoms with E-state index >= 15 is 0 Å². The van der Waals surface area contributed by atoms with E-state index in [1.807, 2.05) is 0 Å². The van der Waals surface area contributed by atoms with Crippen LogP contribution in [-0.4, -0.2) is 32.5 Å². The molecule has 0 fully saturated rings. The molecule has 0 unspecified atom stereocenters. The second-order valence-electron chi connectivity index (χ2n) is 0.204. The summed E-state index contributed by atoms with van der Waals surface area (Å²) in [6.45, 7) is 1.32. The Morgan fingerprint density at radius 2 is 1.75 bits per heavy atom. The molecule has 0 atom stereocenters. The van der Waals surface area contributed by atoms with Crippen LogP contribution in [0.15, 0.2) is 0 Å². The van der Waals surface area contributed by atoms with Gasteiger partial charge in [-0.15, -0.1) is 0 Å². The molecule has 2 heteroatoms. The fourth-order valence-corrected chi connectivity index (χ4v) is 0. The summed E-state index contributed by atoms with van der Waals surface area (Å²) >= 11 is 0. The second-order valence-corrected chi connectivity index (χ2v) is 0.204. The summed E-state index contributed by atoms with van der Waals surface area (Å²) in [5.41, 5.74) is 0. The Balaban J connectivity index is 0. The predicted molar refractivity (Wildman–Crippen MR) is 21.3 cm³/mol. The van der Waals surface area contributed by atoms with Crippen LogP contribution in [0.2, 0.25) is 0 Å². The van der Waals surface area contributed by atoms with E-state index in [1.165, 1.54) is 13.2 Å². The van der Waals surface area contributed by atoms with Crippen LogP contribution < -0.4 is 0 Å². The van der Waals surface area contributed by atoms with Gasteiger partial charge >= 0.3 is 26.2 Å². The summed E-state index contributed by atoms with van der Waals surface area (Å²) in [6, 6.07) is 0. The molecule has 0 aromatic carbocycles. The van der Waals surface area contributed by atoms with E-state index < -0.39 is 0 Å². The van der Waals surface area contributed by atoms with E-state index in [-0.39, 0.29) is 26.2 Å². The van der Waals surface area contributed by atoms with Crippen molar-refractivity contribution in [3.63, 3.8) is 0 Å². The van der Waals surface area contributed by atoms with Crippen molar-refractivity contribution in [1.29, 1.82) is 0 Å². The Kier molecular flexibility index (Phi) is 21.2. The molecular weight excluding hydrogens is 249 g/mol. The number of hydrogen-bond acceptors (Lipinski definition) is 1. The van der Waals surface area contributed by atoms with Gasteiger partial charge in [-0.1, -0.05) is 0 Å². The Morgan fingerprint density at radius 3 is 1.75 bits per heavy atom. The molecule has 0 amide bonds. The number of carbonyl (C=O) groups excluding carboxylic acids is 1. The van der Waals surface area contributed by atoms with Gasteiger partial charge in [0.25, 0.3) is 0 Å². The van der Waals surface area contributed by atoms with Gasteiger partial charge in [-0.3, -0.25) is 4.79 Å². The summed E-state index contributed by atoms with van der Waals surface area (Å²) in [5, 5.41) is 0. The molecule has 0 aliphatic rings. The van der Waals surface area contributed by atoms with Crippen LogP contribution in [0.1, 0.15) is 6.92 Å². The monoisotopic (exact) mass is 255 g/mol. The van der Waals surface area contributed by atoms with E-state index in [2.05, 4.69) is 0 Å². The second kappa shape index (κ2) is 9.60. The van der Waals surface area contributed by atoms with Crippen LogP contribution >= 0.6 is 0 Å². The van der Waals surface area contributed by atoms with Gasteiger partial charge in [-0.05, 0) is 0 Å². The zero-order chi connectivity index (χ0) is 2.71. The Labute approximate surface area is 44.5 Å². The third-order valence-corrected chi connectivity index (χ3v) is 0. The third-order valence-electron chi connectivity index (χ3n) is 0. The van der Waals surface area contributed by atoms with Gasteiger partial charge in [-0.25, -0.2) is 0 Å². The van der Waals surface area contributed by atoms with Crippen LogP contribution in [0.3, 0.4) is 0 Å². The van der Waals surface area contributed by atoms with Crippen LogP contribution in [0.5, 0.6) is 0 Å². The van der Waals surface area contributed by atoms with E-state index in [1.54, 1.807) is 0 Å². The zero-order valence-corrected chi connectivity index (χ0v) is 8.11. The van der Waals surface area contributed by atoms with Gasteiger partial charge in [0.15, 0.2) is 6.29 Å². The summed E-state index contributed by atoms with van der Waals surface area (Å²) in [6.07, 6.45) is 1.50. The van der Waals surface area contributed by atoms with Gasteiger partial charge in [0.1, 0.15) is 0 Å². The average molecular weight is 255 g/mol. The minimum absolute atomic E-state index is 0. The van der Waals surface area contributed by atoms with Gasteiger partial charge in [0.2, 0.25) is 0 Å². The fourth-order valence-electron chi connectivity index (χ4n) is 0. The molecule has 0 spiro atoms. The molecule has 0 aliphatic heterocycles. The van der Waals surface area contributed by atoms with Gasteiger partial charge in [-0.2, -0.15) is 0 Å². The molecule has 0 aromatic heterocycles. The molecule has 1 nitrogen and oxygen atoms in total. The molecule has 1 radical (unpaired) electrons. The Bertz CT molecular complexity index is 13.5. The minimum atomic E-state index is 0. The fraction of sp³-hybridized carbons (Fsp3) is 0.500. The zero-order valence-electron chi connectivity index (χ0n) is 2.62. The average Bonchev–Trinajstić information content (AvgIpc) is 0.918. The molecule has 0 aliphatic carbocycles. The summed E-state index contributed by atoms with van der Waals surface area (Å²) in [7, 11) is 0. The maximum atomic E-state index is 8.68. The van der Waals surface area contributed by atoms with Crippen LogP contribution in [0, 0.1) is 0 Å². The molecule has 25 valence electrons. The molecule has 0 rings (SSSR count). The first-order valence-electron chi connectivity index (χ1n) is 0.704. The summed E-state index contributed by atoms with van der Waals surface area (Å²) < 4.78 is 0. The van der Waals surface area contributed by atoms with E-state index in [4.69, 9.17) is 4.79 Å². The quantitative estimate of drug-likeness (QED) is 0.504. The van der Waals surface area contributed by atoms with Crippen molar-refractivity contribution < 1.29 is 4.79 Å². The van der Waals surface area contributed by atoms with Gasteiger partial charge in [0.05, 0.1) is 0 Å². The normalized spacial score (nSPS) is 3.25. The Morgan fingerprint density at radius 1 is 1.75 bits per heavy atom. The molecule has 0 N–H and O–H groups in total. The SMILES string of the molecule is C[C]=O.[BiH3]. The van der Waals surface area contributed by atoms with Crippen LogP contribution in [0.4, 0.5) is 0 Å². The van der Waals surface area contributed by atoms with Crippen LogP contribution in [0.25, 0.3) is 0 Å². The van der Waals surface area contributed by atoms with E-state index in [9.17, 15) is 0 Å². The van der Waals surface area contributed by atoms with Crippen molar-refractivity contribution >= 4 is 32.5 Å². The molecule has 0 saturated carbocycles. The number of hydrogen-bond donors (Lipinski definition) is 0. The van der Waals surface area contributed by atoms with E-state index in [0.29, 0.717) is 0 Å². The van der Waals surface area contributed by atoms with Crippen molar-refractivity contribution in [1.82, 2.24) is 0 Å². The standard InChI is InChI=1S/C2H3O.Bi.3H/c1-2-3;;;;/h1H3;;;;. The van der Waals surface area contributed by atoms with Crippen molar-refractivity contribution in [3.05, 3.63) is 0 Å². The van der Waals surface area contributed by atoms with Crippen LogP contribution in [-0.2, 0) is 4.79 Å². The molecule has 0 heterocycles. The summed E-state index contributed by atoms with van der Waals surface area (Å²) in [4.78, 5) is 8.68. The van der Waals surface area contributed by atoms with Crippen molar-refractivity contribution in [2.75, 3.05) is 0 Å². The molecule has 0 bridgehead atoms. The first kappa shape index (κ1) is 8.82. The predicted octanol–water partition coefficient (Wildman–Crippen LogP) is -1.07. The van der Waals surface area contributed by atoms with Crippen molar-refractivity contribution in [2.24, 2.45) is 0 Å². The molecule has 4 heavy (non-hydrogen) atoms. The van der Waals surface area contributed by atoms with Crippen molar-refractivity contribution in [2.45, 2.75) is 6.92 Å². The van der Waals surface area contributed by atoms with Crippen molar-refractivity contribution in [3.8, 4) is 0 Å². The molecule has 0 aromatic rings. The topological polar surface area (TPSA) is 17.1 Å². The third kappa shape index (κ3) is 20.1. The first-order valence-corrected chi connectivity index (χ1v) is 0.704. The molecular formula is C2H6BiO. The van der Waals surface area contributed by atoms with E-state index in [0.717, 1.165) is 0 Å². The first-order chi connectivity index (χ1) is 1.41. The maximum absolute atomic E-state index is 8.68. The summed E-state index contributed by atoms with van der Waals surface area (Å²) in [5.74, 6) is 0. The number of rotatable bonds is 0. The van der Waals surface area contributed by atoms with Gasteiger partial charge in [0, 0.05) is 6.92 Å². The van der Waals surface area contributed by atoms with Gasteiger partial charge < -0.3 is 0 Å². The molecule has 0 saturated heterocycles.